The van der Waals surface area contributed by atoms with E-state index in [1.165, 1.54) is 26.0 Å². The molecule has 1 N–H and O–H groups in total. The highest BCUT2D eigenvalue weighted by molar-refractivity contribution is 6.31. The van der Waals surface area contributed by atoms with E-state index in [2.05, 4.69) is 10.1 Å². The molecule has 242 valence electrons. The summed E-state index contributed by atoms with van der Waals surface area (Å²) in [6.07, 6.45) is -5.98. The lowest BCUT2D eigenvalue weighted by Gasteiger charge is -2.37. The monoisotopic (exact) mass is 682 g/mol. The molecule has 0 unspecified atom stereocenters. The van der Waals surface area contributed by atoms with Crippen molar-refractivity contribution < 1.29 is 45.8 Å². The lowest BCUT2D eigenvalue weighted by Crippen LogP contribution is -2.47. The van der Waals surface area contributed by atoms with E-state index < -0.39 is 87.1 Å². The van der Waals surface area contributed by atoms with Gasteiger partial charge in [0.25, 0.3) is 0 Å². The van der Waals surface area contributed by atoms with Crippen molar-refractivity contribution in [2.75, 3.05) is 0 Å². The van der Waals surface area contributed by atoms with Crippen LogP contribution in [0.3, 0.4) is 0 Å². The number of ether oxygens (including phenoxy) is 2. The van der Waals surface area contributed by atoms with Gasteiger partial charge < -0.3 is 9.47 Å². The lowest BCUT2D eigenvalue weighted by atomic mass is 9.62. The molecule has 1 aliphatic heterocycles. The van der Waals surface area contributed by atoms with Crippen molar-refractivity contribution in [3.63, 3.8) is 0 Å². The van der Waals surface area contributed by atoms with Crippen LogP contribution in [-0.4, -0.2) is 36.2 Å². The Balaban J connectivity index is 1.88. The van der Waals surface area contributed by atoms with Crippen molar-refractivity contribution >= 4 is 41.1 Å². The zero-order valence-electron chi connectivity index (χ0n) is 24.1. The molecule has 0 aliphatic carbocycles. The Labute approximate surface area is 270 Å². The van der Waals surface area contributed by atoms with Crippen molar-refractivity contribution in [1.29, 1.82) is 5.26 Å². The fourth-order valence-corrected chi connectivity index (χ4v) is 5.99. The molecule has 0 bridgehead atoms. The number of nitriles is 1. The molecule has 46 heavy (non-hydrogen) atoms. The van der Waals surface area contributed by atoms with Gasteiger partial charge in [-0.1, -0.05) is 71.7 Å². The molecule has 0 aromatic heterocycles. The molecule has 1 saturated heterocycles. The zero-order chi connectivity index (χ0) is 34.0. The summed E-state index contributed by atoms with van der Waals surface area (Å²) in [5.74, 6) is -9.54. The van der Waals surface area contributed by atoms with Crippen LogP contribution >= 0.6 is 23.2 Å². The maximum Gasteiger partial charge on any atom is 0.491 e. The summed E-state index contributed by atoms with van der Waals surface area (Å²) in [6.45, 7) is 2.76. The fraction of sp³-hybridized carbons (Fsp3) is 0.312. The number of carbonyl (C=O) groups is 3. The Bertz CT molecular complexity index is 1700. The summed E-state index contributed by atoms with van der Waals surface area (Å²) in [7, 11) is 0. The largest absolute Gasteiger partial charge is 0.491 e. The van der Waals surface area contributed by atoms with Crippen LogP contribution in [0.2, 0.25) is 10.0 Å². The maximum absolute atomic E-state index is 15.8. The molecule has 4 rings (SSSR count). The Hall–Kier alpha value is -4.05. The van der Waals surface area contributed by atoms with Crippen molar-refractivity contribution in [3.05, 3.63) is 105 Å². The van der Waals surface area contributed by atoms with Gasteiger partial charge in [-0.05, 0) is 49.6 Å². The van der Waals surface area contributed by atoms with Crippen molar-refractivity contribution in [2.24, 2.45) is 5.41 Å². The number of alkyl halides is 3. The molecule has 1 heterocycles. The molecule has 0 saturated carbocycles. The van der Waals surface area contributed by atoms with Gasteiger partial charge in [0.1, 0.15) is 29.7 Å². The highest BCUT2D eigenvalue weighted by Gasteiger charge is 2.63. The van der Waals surface area contributed by atoms with Crippen molar-refractivity contribution in [2.45, 2.75) is 56.5 Å². The maximum atomic E-state index is 15.8. The minimum absolute atomic E-state index is 0.0844. The van der Waals surface area contributed by atoms with Crippen LogP contribution < -0.4 is 5.32 Å². The fourth-order valence-electron chi connectivity index (χ4n) is 5.65. The van der Waals surface area contributed by atoms with Crippen molar-refractivity contribution in [1.82, 2.24) is 5.32 Å². The first-order chi connectivity index (χ1) is 21.5. The van der Waals surface area contributed by atoms with E-state index in [0.717, 1.165) is 24.3 Å². The zero-order valence-corrected chi connectivity index (χ0v) is 25.6. The summed E-state index contributed by atoms with van der Waals surface area (Å²) in [6, 6.07) is 13.8. The van der Waals surface area contributed by atoms with E-state index in [1.54, 1.807) is 30.3 Å². The average Bonchev–Trinajstić information content (AvgIpc) is 3.30. The standard InChI is InChI=1S/C32H25Cl2F5N2O5/c1-30(2,28(43)45-15-17-7-4-3-5-8-17)14-23-31(16-40,20-12-11-18(33)13-22(20)35)24(19-9-6-10-21(34)25(19)36)26(41-23)27(42)46-29(44)32(37,38)39/h3-13,23-24,26,41H,14-15H2,1-2H3/t23-,24-,26+,31-/m0/s1. The second-order valence-electron chi connectivity index (χ2n) is 11.3. The van der Waals surface area contributed by atoms with Crippen LogP contribution in [0.15, 0.2) is 66.7 Å². The molecule has 0 radical (unpaired) electrons. The second kappa shape index (κ2) is 13.4. The first kappa shape index (κ1) is 34.8. The third-order valence-corrected chi connectivity index (χ3v) is 8.32. The van der Waals surface area contributed by atoms with Gasteiger partial charge in [-0.3, -0.25) is 10.1 Å². The number of nitrogens with zero attached hydrogens (tertiary/aromatic N) is 1. The summed E-state index contributed by atoms with van der Waals surface area (Å²) < 4.78 is 80.4. The topological polar surface area (TPSA) is 105 Å². The molecule has 7 nitrogen and oxygen atoms in total. The lowest BCUT2D eigenvalue weighted by molar-refractivity contribution is -0.202. The molecule has 1 aliphatic rings. The van der Waals surface area contributed by atoms with Crippen LogP contribution in [-0.2, 0) is 35.9 Å². The van der Waals surface area contributed by atoms with E-state index in [1.807, 2.05) is 6.07 Å². The quantitative estimate of drug-likeness (QED) is 0.156. The SMILES string of the molecule is CC(C)(C[C@@H]1N[C@@H](C(=O)OC(=O)C(F)(F)F)[C@H](c2cccc(Cl)c2F)[C@@]1(C#N)c1ccc(Cl)cc1F)C(=O)OCc1ccccc1. The highest BCUT2D eigenvalue weighted by Crippen LogP contribution is 2.53. The van der Waals surface area contributed by atoms with E-state index in [0.29, 0.717) is 5.56 Å². The summed E-state index contributed by atoms with van der Waals surface area (Å²) >= 11 is 12.0. The van der Waals surface area contributed by atoms with Crippen LogP contribution in [0.1, 0.15) is 42.9 Å². The molecule has 1 fully saturated rings. The minimum Gasteiger partial charge on any atom is -0.460 e. The van der Waals surface area contributed by atoms with Gasteiger partial charge in [0.2, 0.25) is 0 Å². The first-order valence-electron chi connectivity index (χ1n) is 13.6. The Morgan fingerprint density at radius 1 is 0.978 bits per heavy atom. The Morgan fingerprint density at radius 3 is 2.26 bits per heavy atom. The van der Waals surface area contributed by atoms with Gasteiger partial charge >= 0.3 is 24.1 Å². The number of rotatable bonds is 8. The smallest absolute Gasteiger partial charge is 0.460 e. The minimum atomic E-state index is -5.58. The number of carbonyl (C=O) groups excluding carboxylic acids is 3. The van der Waals surface area contributed by atoms with E-state index >= 15 is 8.78 Å². The van der Waals surface area contributed by atoms with E-state index in [9.17, 15) is 32.8 Å². The average molecular weight is 683 g/mol. The number of halogens is 7. The number of benzene rings is 3. The van der Waals surface area contributed by atoms with Crippen LogP contribution in [0, 0.1) is 28.4 Å². The molecule has 0 amide bonds. The number of hydrogen-bond donors (Lipinski definition) is 1. The second-order valence-corrected chi connectivity index (χ2v) is 12.1. The molecule has 3 aromatic carbocycles. The molecule has 0 spiro atoms. The summed E-state index contributed by atoms with van der Waals surface area (Å²) in [4.78, 5) is 38.3. The van der Waals surface area contributed by atoms with Gasteiger partial charge in [-0.2, -0.15) is 18.4 Å². The summed E-state index contributed by atoms with van der Waals surface area (Å²) in [5.41, 5.74) is -4.05. The van der Waals surface area contributed by atoms with Gasteiger partial charge in [0.15, 0.2) is 0 Å². The number of esters is 3. The van der Waals surface area contributed by atoms with E-state index in [4.69, 9.17) is 27.9 Å². The van der Waals surface area contributed by atoms with Crippen LogP contribution in [0.4, 0.5) is 22.0 Å². The Morgan fingerprint density at radius 2 is 1.65 bits per heavy atom. The molecule has 3 aromatic rings. The first-order valence-corrected chi connectivity index (χ1v) is 14.4. The molecule has 14 heteroatoms. The molecular formula is C32H25Cl2F5N2O5. The molecular weight excluding hydrogens is 658 g/mol. The van der Waals surface area contributed by atoms with Gasteiger partial charge in [0, 0.05) is 22.5 Å². The third kappa shape index (κ3) is 6.87. The van der Waals surface area contributed by atoms with Gasteiger partial charge in [0.05, 0.1) is 16.5 Å². The van der Waals surface area contributed by atoms with Crippen LogP contribution in [0.25, 0.3) is 0 Å². The van der Waals surface area contributed by atoms with Gasteiger partial charge in [-0.15, -0.1) is 0 Å². The molecule has 4 atom stereocenters. The third-order valence-electron chi connectivity index (χ3n) is 7.79. The predicted molar refractivity (Wildman–Crippen MR) is 155 cm³/mol. The van der Waals surface area contributed by atoms with E-state index in [-0.39, 0.29) is 11.6 Å². The van der Waals surface area contributed by atoms with Crippen molar-refractivity contribution in [3.8, 4) is 6.07 Å². The number of hydrogen-bond acceptors (Lipinski definition) is 7. The number of nitrogens with one attached hydrogen (secondary N) is 1. The summed E-state index contributed by atoms with van der Waals surface area (Å²) in [5, 5.41) is 13.0. The highest BCUT2D eigenvalue weighted by atomic mass is 35.5. The van der Waals surface area contributed by atoms with Gasteiger partial charge in [-0.25, -0.2) is 18.4 Å². The van der Waals surface area contributed by atoms with Crippen LogP contribution in [0.5, 0.6) is 0 Å². The predicted octanol–water partition coefficient (Wildman–Crippen LogP) is 6.95. The normalized spacial score (nSPS) is 21.3. The Kier molecular flexibility index (Phi) is 10.1.